The first-order chi connectivity index (χ1) is 9.49. The van der Waals surface area contributed by atoms with Crippen molar-refractivity contribution < 1.29 is 14.7 Å². The predicted molar refractivity (Wildman–Crippen MR) is 71.0 cm³/mol. The molecule has 0 spiro atoms. The van der Waals surface area contributed by atoms with Gasteiger partial charge in [-0.25, -0.2) is 9.78 Å². The number of aliphatic carboxylic acids is 1. The number of nitrogens with zero attached hydrogens (tertiary/aromatic N) is 1. The number of hydrogen-bond donors (Lipinski definition) is 6. The largest absolute Gasteiger partial charge is 0.480 e. The Morgan fingerprint density at radius 1 is 1.55 bits per heavy atom. The van der Waals surface area contributed by atoms with E-state index in [1.54, 1.807) is 6.20 Å². The first kappa shape index (κ1) is 15.5. The van der Waals surface area contributed by atoms with E-state index in [4.69, 9.17) is 16.2 Å². The normalized spacial score (nSPS) is 11.6. The molecule has 110 valence electrons. The van der Waals surface area contributed by atoms with Crippen molar-refractivity contribution in [1.82, 2.24) is 20.6 Å². The van der Waals surface area contributed by atoms with Gasteiger partial charge in [-0.15, -0.1) is 0 Å². The van der Waals surface area contributed by atoms with Crippen LogP contribution in [0.4, 0.5) is 0 Å². The second-order valence-corrected chi connectivity index (χ2v) is 4.17. The van der Waals surface area contributed by atoms with E-state index in [0.717, 1.165) is 0 Å². The number of guanidine groups is 1. The summed E-state index contributed by atoms with van der Waals surface area (Å²) in [5.41, 5.74) is 5.66. The number of carbonyl (C=O) groups is 2. The SMILES string of the molecule is N=C(N)NCCCC(=O)N[C@@H](Cc1c[nH]cn1)C(=O)O. The molecule has 1 heterocycles. The van der Waals surface area contributed by atoms with Crippen LogP contribution in [0.15, 0.2) is 12.5 Å². The summed E-state index contributed by atoms with van der Waals surface area (Å²) in [4.78, 5) is 29.3. The second kappa shape index (κ2) is 7.77. The first-order valence-electron chi connectivity index (χ1n) is 6.06. The molecule has 0 aliphatic carbocycles. The third kappa shape index (κ3) is 5.85. The average Bonchev–Trinajstić information content (AvgIpc) is 2.86. The van der Waals surface area contributed by atoms with Crippen molar-refractivity contribution in [2.24, 2.45) is 5.73 Å². The molecule has 7 N–H and O–H groups in total. The average molecular weight is 282 g/mol. The van der Waals surface area contributed by atoms with E-state index in [1.807, 2.05) is 0 Å². The van der Waals surface area contributed by atoms with Crippen molar-refractivity contribution in [3.8, 4) is 0 Å². The number of nitrogens with one attached hydrogen (secondary N) is 4. The molecular formula is C11H18N6O3. The van der Waals surface area contributed by atoms with Crippen molar-refractivity contribution in [3.05, 3.63) is 18.2 Å². The Kier molecular flexibility index (Phi) is 6.01. The minimum atomic E-state index is -1.11. The molecule has 1 aromatic heterocycles. The van der Waals surface area contributed by atoms with Gasteiger partial charge >= 0.3 is 5.97 Å². The van der Waals surface area contributed by atoms with E-state index in [1.165, 1.54) is 6.33 Å². The van der Waals surface area contributed by atoms with Crippen LogP contribution in [0.3, 0.4) is 0 Å². The van der Waals surface area contributed by atoms with Gasteiger partial charge < -0.3 is 26.5 Å². The summed E-state index contributed by atoms with van der Waals surface area (Å²) in [6, 6.07) is -1.01. The van der Waals surface area contributed by atoms with Gasteiger partial charge in [0.25, 0.3) is 0 Å². The zero-order chi connectivity index (χ0) is 15.0. The van der Waals surface area contributed by atoms with Crippen molar-refractivity contribution in [2.45, 2.75) is 25.3 Å². The fourth-order valence-electron chi connectivity index (χ4n) is 1.55. The van der Waals surface area contributed by atoms with Crippen LogP contribution in [0.25, 0.3) is 0 Å². The zero-order valence-electron chi connectivity index (χ0n) is 10.8. The molecule has 0 saturated carbocycles. The molecule has 0 unspecified atom stereocenters. The molecule has 9 nitrogen and oxygen atoms in total. The number of carbonyl (C=O) groups excluding carboxylic acids is 1. The van der Waals surface area contributed by atoms with Crippen LogP contribution < -0.4 is 16.4 Å². The number of carboxylic acid groups (broad SMARTS) is 1. The maximum absolute atomic E-state index is 11.6. The monoisotopic (exact) mass is 282 g/mol. The number of H-pyrrole nitrogens is 1. The van der Waals surface area contributed by atoms with E-state index in [-0.39, 0.29) is 24.7 Å². The first-order valence-corrected chi connectivity index (χ1v) is 6.06. The van der Waals surface area contributed by atoms with Crippen molar-refractivity contribution in [3.63, 3.8) is 0 Å². The van der Waals surface area contributed by atoms with E-state index in [9.17, 15) is 9.59 Å². The maximum atomic E-state index is 11.6. The Morgan fingerprint density at radius 2 is 2.30 bits per heavy atom. The van der Waals surface area contributed by atoms with Crippen LogP contribution in [0.1, 0.15) is 18.5 Å². The number of amides is 1. The van der Waals surface area contributed by atoms with Gasteiger partial charge in [0.15, 0.2) is 5.96 Å². The Labute approximate surface area is 115 Å². The van der Waals surface area contributed by atoms with Gasteiger partial charge in [0, 0.05) is 25.6 Å². The third-order valence-electron chi connectivity index (χ3n) is 2.50. The fourth-order valence-corrected chi connectivity index (χ4v) is 1.55. The van der Waals surface area contributed by atoms with Crippen LogP contribution in [-0.4, -0.2) is 45.5 Å². The number of carboxylic acids is 1. The highest BCUT2D eigenvalue weighted by Crippen LogP contribution is 2.00. The highest BCUT2D eigenvalue weighted by atomic mass is 16.4. The molecule has 1 amide bonds. The minimum Gasteiger partial charge on any atom is -0.480 e. The van der Waals surface area contributed by atoms with Crippen molar-refractivity contribution in [1.29, 1.82) is 5.41 Å². The van der Waals surface area contributed by atoms with Gasteiger partial charge in [-0.1, -0.05) is 0 Å². The van der Waals surface area contributed by atoms with Crippen molar-refractivity contribution >= 4 is 17.8 Å². The molecule has 0 aliphatic rings. The molecule has 1 atom stereocenters. The number of nitrogens with two attached hydrogens (primary N) is 1. The zero-order valence-corrected chi connectivity index (χ0v) is 10.8. The number of imidazole rings is 1. The molecule has 20 heavy (non-hydrogen) atoms. The van der Waals surface area contributed by atoms with Gasteiger partial charge in [0.2, 0.25) is 5.91 Å². The summed E-state index contributed by atoms with van der Waals surface area (Å²) in [6.07, 6.45) is 3.77. The maximum Gasteiger partial charge on any atom is 0.326 e. The summed E-state index contributed by atoms with van der Waals surface area (Å²) < 4.78 is 0. The standard InChI is InChI=1S/C11H18N6O3/c12-11(13)15-3-1-2-9(18)17-8(10(19)20)4-7-5-14-6-16-7/h5-6,8H,1-4H2,(H,14,16)(H,17,18)(H,19,20)(H4,12,13,15)/t8-/m0/s1. The van der Waals surface area contributed by atoms with Crippen LogP contribution in [-0.2, 0) is 16.0 Å². The fraction of sp³-hybridized carbons (Fsp3) is 0.455. The molecule has 0 aliphatic heterocycles. The Hall–Kier alpha value is -2.58. The summed E-state index contributed by atoms with van der Waals surface area (Å²) in [5, 5.41) is 21.0. The van der Waals surface area contributed by atoms with Crippen LogP contribution in [0.2, 0.25) is 0 Å². The van der Waals surface area contributed by atoms with Gasteiger partial charge in [-0.3, -0.25) is 10.2 Å². The molecule has 9 heteroatoms. The second-order valence-electron chi connectivity index (χ2n) is 4.17. The van der Waals surface area contributed by atoms with E-state index in [2.05, 4.69) is 20.6 Å². The number of aromatic nitrogens is 2. The summed E-state index contributed by atoms with van der Waals surface area (Å²) in [6.45, 7) is 0.389. The molecule has 0 radical (unpaired) electrons. The lowest BCUT2D eigenvalue weighted by molar-refractivity contribution is -0.141. The summed E-state index contributed by atoms with van der Waals surface area (Å²) in [5.74, 6) is -1.63. The predicted octanol–water partition coefficient (Wildman–Crippen LogP) is -1.22. The number of aromatic amines is 1. The van der Waals surface area contributed by atoms with Gasteiger partial charge in [-0.2, -0.15) is 0 Å². The minimum absolute atomic E-state index is 0.121. The van der Waals surface area contributed by atoms with Crippen LogP contribution >= 0.6 is 0 Å². The topological polar surface area (TPSA) is 157 Å². The van der Waals surface area contributed by atoms with Crippen LogP contribution in [0, 0.1) is 5.41 Å². The van der Waals surface area contributed by atoms with Gasteiger partial charge in [0.05, 0.1) is 12.0 Å². The molecule has 0 aromatic carbocycles. The molecule has 0 saturated heterocycles. The highest BCUT2D eigenvalue weighted by Gasteiger charge is 2.20. The lowest BCUT2D eigenvalue weighted by atomic mass is 10.1. The molecule has 1 rings (SSSR count). The quantitative estimate of drug-likeness (QED) is 0.199. The van der Waals surface area contributed by atoms with E-state index >= 15 is 0 Å². The van der Waals surface area contributed by atoms with Crippen molar-refractivity contribution in [2.75, 3.05) is 6.54 Å². The smallest absolute Gasteiger partial charge is 0.326 e. The number of rotatable bonds is 8. The highest BCUT2D eigenvalue weighted by molar-refractivity contribution is 5.83. The summed E-state index contributed by atoms with van der Waals surface area (Å²) in [7, 11) is 0. The molecule has 0 bridgehead atoms. The van der Waals surface area contributed by atoms with Crippen LogP contribution in [0.5, 0.6) is 0 Å². The third-order valence-corrected chi connectivity index (χ3v) is 2.50. The van der Waals surface area contributed by atoms with E-state index in [0.29, 0.717) is 18.7 Å². The van der Waals surface area contributed by atoms with Gasteiger partial charge in [-0.05, 0) is 6.42 Å². The van der Waals surface area contributed by atoms with E-state index < -0.39 is 12.0 Å². The Balaban J connectivity index is 2.35. The lowest BCUT2D eigenvalue weighted by Crippen LogP contribution is -2.42. The molecular weight excluding hydrogens is 264 g/mol. The number of hydrogen-bond acceptors (Lipinski definition) is 4. The summed E-state index contributed by atoms with van der Waals surface area (Å²) >= 11 is 0. The molecule has 0 fully saturated rings. The molecule has 1 aromatic rings. The Bertz CT molecular complexity index is 459. The van der Waals surface area contributed by atoms with Gasteiger partial charge in [0.1, 0.15) is 6.04 Å². The lowest BCUT2D eigenvalue weighted by Gasteiger charge is -2.13. The Morgan fingerprint density at radius 3 is 2.85 bits per heavy atom.